The van der Waals surface area contributed by atoms with Crippen molar-refractivity contribution < 1.29 is 9.59 Å². The zero-order valence-electron chi connectivity index (χ0n) is 11.8. The SMILES string of the molecule is CNC(=O)C1(C)CCN(CC(=O)c2cccc(Cl)c2)C1. The lowest BCUT2D eigenvalue weighted by atomic mass is 9.89. The lowest BCUT2D eigenvalue weighted by Gasteiger charge is -2.22. The van der Waals surface area contributed by atoms with Crippen molar-refractivity contribution in [3.05, 3.63) is 34.9 Å². The van der Waals surface area contributed by atoms with Crippen molar-refractivity contribution in [2.75, 3.05) is 26.7 Å². The van der Waals surface area contributed by atoms with Gasteiger partial charge in [0.2, 0.25) is 5.91 Å². The molecule has 0 aromatic heterocycles. The third-order valence-corrected chi connectivity index (χ3v) is 4.08. The summed E-state index contributed by atoms with van der Waals surface area (Å²) in [5.74, 6) is 0.0730. The van der Waals surface area contributed by atoms with Gasteiger partial charge in [-0.3, -0.25) is 14.5 Å². The van der Waals surface area contributed by atoms with Gasteiger partial charge >= 0.3 is 0 Å². The Hall–Kier alpha value is -1.39. The van der Waals surface area contributed by atoms with E-state index < -0.39 is 5.41 Å². The minimum atomic E-state index is -0.399. The van der Waals surface area contributed by atoms with E-state index in [4.69, 9.17) is 11.6 Å². The molecule has 0 bridgehead atoms. The van der Waals surface area contributed by atoms with Crippen LogP contribution in [0.3, 0.4) is 0 Å². The number of carbonyl (C=O) groups excluding carboxylic acids is 2. The highest BCUT2D eigenvalue weighted by Crippen LogP contribution is 2.30. The number of nitrogens with one attached hydrogen (secondary N) is 1. The molecule has 1 amide bonds. The maximum Gasteiger partial charge on any atom is 0.227 e. The highest BCUT2D eigenvalue weighted by molar-refractivity contribution is 6.31. The Morgan fingerprint density at radius 3 is 2.85 bits per heavy atom. The molecule has 0 saturated carbocycles. The van der Waals surface area contributed by atoms with E-state index in [1.54, 1.807) is 31.3 Å². The number of likely N-dealkylation sites (tertiary alicyclic amines) is 1. The topological polar surface area (TPSA) is 49.4 Å². The number of carbonyl (C=O) groups is 2. The van der Waals surface area contributed by atoms with E-state index in [9.17, 15) is 9.59 Å². The molecule has 1 aromatic carbocycles. The molecule has 1 unspecified atom stereocenters. The average Bonchev–Trinajstić information content (AvgIpc) is 2.80. The molecular weight excluding hydrogens is 276 g/mol. The molecule has 0 aliphatic carbocycles. The Labute approximate surface area is 124 Å². The molecule has 1 saturated heterocycles. The number of nitrogens with zero attached hydrogens (tertiary/aromatic N) is 1. The second-order valence-corrected chi connectivity index (χ2v) is 5.97. The van der Waals surface area contributed by atoms with Crippen molar-refractivity contribution in [2.45, 2.75) is 13.3 Å². The van der Waals surface area contributed by atoms with Gasteiger partial charge in [-0.15, -0.1) is 0 Å². The number of halogens is 1. The smallest absolute Gasteiger partial charge is 0.227 e. The van der Waals surface area contributed by atoms with Gasteiger partial charge in [-0.2, -0.15) is 0 Å². The summed E-state index contributed by atoms with van der Waals surface area (Å²) in [7, 11) is 1.65. The fourth-order valence-electron chi connectivity index (χ4n) is 2.63. The van der Waals surface area contributed by atoms with Crippen LogP contribution in [-0.2, 0) is 4.79 Å². The molecule has 0 radical (unpaired) electrons. The summed E-state index contributed by atoms with van der Waals surface area (Å²) in [6.07, 6.45) is 0.773. The van der Waals surface area contributed by atoms with Gasteiger partial charge in [0.05, 0.1) is 12.0 Å². The Bertz CT molecular complexity index is 532. The standard InChI is InChI=1S/C15H19ClN2O2/c1-15(14(20)17-2)6-7-18(10-15)9-13(19)11-4-3-5-12(16)8-11/h3-5,8H,6-7,9-10H2,1-2H3,(H,17,20). The number of rotatable bonds is 4. The first-order valence-corrected chi connectivity index (χ1v) is 7.06. The van der Waals surface area contributed by atoms with Gasteiger partial charge in [-0.05, 0) is 32.0 Å². The van der Waals surface area contributed by atoms with Gasteiger partial charge in [0, 0.05) is 24.2 Å². The molecular formula is C15H19ClN2O2. The number of amides is 1. The van der Waals surface area contributed by atoms with Crippen LogP contribution in [0.15, 0.2) is 24.3 Å². The number of hydrogen-bond acceptors (Lipinski definition) is 3. The molecule has 1 aliphatic rings. The van der Waals surface area contributed by atoms with Crippen LogP contribution in [0.25, 0.3) is 0 Å². The van der Waals surface area contributed by atoms with Crippen LogP contribution in [0.5, 0.6) is 0 Å². The number of hydrogen-bond donors (Lipinski definition) is 1. The Morgan fingerprint density at radius 2 is 2.20 bits per heavy atom. The molecule has 0 spiro atoms. The van der Waals surface area contributed by atoms with Crippen molar-refractivity contribution in [3.63, 3.8) is 0 Å². The third-order valence-electron chi connectivity index (χ3n) is 3.84. The van der Waals surface area contributed by atoms with Gasteiger partial charge in [-0.25, -0.2) is 0 Å². The molecule has 4 nitrogen and oxygen atoms in total. The molecule has 2 rings (SSSR count). The van der Waals surface area contributed by atoms with Gasteiger partial charge in [0.1, 0.15) is 0 Å². The summed E-state index contributed by atoms with van der Waals surface area (Å²) in [4.78, 5) is 26.1. The molecule has 1 heterocycles. The van der Waals surface area contributed by atoms with E-state index >= 15 is 0 Å². The molecule has 1 fully saturated rings. The first kappa shape index (κ1) is 15.0. The van der Waals surface area contributed by atoms with Crippen LogP contribution in [0.2, 0.25) is 5.02 Å². The van der Waals surface area contributed by atoms with Crippen LogP contribution >= 0.6 is 11.6 Å². The molecule has 1 atom stereocenters. The second kappa shape index (κ2) is 5.94. The van der Waals surface area contributed by atoms with E-state index in [0.717, 1.165) is 13.0 Å². The maximum atomic E-state index is 12.2. The summed E-state index contributed by atoms with van der Waals surface area (Å²) in [6, 6.07) is 6.96. The highest BCUT2D eigenvalue weighted by atomic mass is 35.5. The molecule has 20 heavy (non-hydrogen) atoms. The Kier molecular flexibility index (Phi) is 4.45. The quantitative estimate of drug-likeness (QED) is 0.864. The van der Waals surface area contributed by atoms with Crippen molar-refractivity contribution in [1.82, 2.24) is 10.2 Å². The van der Waals surface area contributed by atoms with Crippen LogP contribution in [0.1, 0.15) is 23.7 Å². The van der Waals surface area contributed by atoms with Gasteiger partial charge in [0.15, 0.2) is 5.78 Å². The van der Waals surface area contributed by atoms with Crippen molar-refractivity contribution >= 4 is 23.3 Å². The monoisotopic (exact) mass is 294 g/mol. The first-order chi connectivity index (χ1) is 9.44. The Morgan fingerprint density at radius 1 is 1.45 bits per heavy atom. The summed E-state index contributed by atoms with van der Waals surface area (Å²) in [5, 5.41) is 3.25. The van der Waals surface area contributed by atoms with Crippen molar-refractivity contribution in [1.29, 1.82) is 0 Å². The zero-order chi connectivity index (χ0) is 14.8. The van der Waals surface area contributed by atoms with Gasteiger partial charge < -0.3 is 5.32 Å². The molecule has 5 heteroatoms. The van der Waals surface area contributed by atoms with E-state index in [1.165, 1.54) is 0 Å². The fraction of sp³-hybridized carbons (Fsp3) is 0.467. The Balaban J connectivity index is 1.99. The first-order valence-electron chi connectivity index (χ1n) is 6.68. The molecule has 1 N–H and O–H groups in total. The normalized spacial score (nSPS) is 22.8. The summed E-state index contributed by atoms with van der Waals surface area (Å²) < 4.78 is 0. The summed E-state index contributed by atoms with van der Waals surface area (Å²) in [6.45, 7) is 3.64. The lowest BCUT2D eigenvalue weighted by Crippen LogP contribution is -2.40. The lowest BCUT2D eigenvalue weighted by molar-refractivity contribution is -0.129. The van der Waals surface area contributed by atoms with Crippen LogP contribution < -0.4 is 5.32 Å². The second-order valence-electron chi connectivity index (χ2n) is 5.53. The highest BCUT2D eigenvalue weighted by Gasteiger charge is 2.40. The molecule has 1 aromatic rings. The van der Waals surface area contributed by atoms with E-state index in [1.807, 2.05) is 11.8 Å². The summed E-state index contributed by atoms with van der Waals surface area (Å²) >= 11 is 5.89. The number of Topliss-reactive ketones (excluding diaryl/α,β-unsaturated/α-hetero) is 1. The predicted octanol–water partition coefficient (Wildman–Crippen LogP) is 1.98. The van der Waals surface area contributed by atoms with Crippen LogP contribution in [0.4, 0.5) is 0 Å². The largest absolute Gasteiger partial charge is 0.359 e. The van der Waals surface area contributed by atoms with Crippen LogP contribution in [0, 0.1) is 5.41 Å². The van der Waals surface area contributed by atoms with Crippen LogP contribution in [-0.4, -0.2) is 43.3 Å². The minimum absolute atomic E-state index is 0.0358. The van der Waals surface area contributed by atoms with Crippen molar-refractivity contribution in [3.8, 4) is 0 Å². The van der Waals surface area contributed by atoms with E-state index in [2.05, 4.69) is 5.32 Å². The van der Waals surface area contributed by atoms with Gasteiger partial charge in [-0.1, -0.05) is 23.7 Å². The minimum Gasteiger partial charge on any atom is -0.359 e. The number of ketones is 1. The number of benzene rings is 1. The average molecular weight is 295 g/mol. The molecule has 1 aliphatic heterocycles. The molecule has 108 valence electrons. The van der Waals surface area contributed by atoms with E-state index in [0.29, 0.717) is 23.7 Å². The fourth-order valence-corrected chi connectivity index (χ4v) is 2.83. The zero-order valence-corrected chi connectivity index (χ0v) is 12.5. The maximum absolute atomic E-state index is 12.2. The predicted molar refractivity (Wildman–Crippen MR) is 79.0 cm³/mol. The van der Waals surface area contributed by atoms with Gasteiger partial charge in [0.25, 0.3) is 0 Å². The third kappa shape index (κ3) is 3.19. The van der Waals surface area contributed by atoms with E-state index in [-0.39, 0.29) is 11.7 Å². The summed E-state index contributed by atoms with van der Waals surface area (Å²) in [5.41, 5.74) is 0.217. The van der Waals surface area contributed by atoms with Crippen molar-refractivity contribution in [2.24, 2.45) is 5.41 Å².